The SMILES string of the molecule is Cc1noc(C)c1C(=O)NC1C(N)C2CCCOC21. The van der Waals surface area contributed by atoms with Crippen molar-refractivity contribution in [2.45, 2.75) is 44.9 Å². The second kappa shape index (κ2) is 4.61. The third-order valence-corrected chi connectivity index (χ3v) is 4.24. The van der Waals surface area contributed by atoms with Crippen molar-refractivity contribution in [3.05, 3.63) is 17.0 Å². The fourth-order valence-electron chi connectivity index (χ4n) is 3.16. The van der Waals surface area contributed by atoms with Crippen LogP contribution in [0.2, 0.25) is 0 Å². The molecule has 1 amide bonds. The standard InChI is InChI=1S/C13H19N3O3/c1-6-9(7(2)19-16-6)13(17)15-11-10(14)8-4-3-5-18-12(8)11/h8,10-12H,3-5,14H2,1-2H3,(H,15,17). The molecule has 6 nitrogen and oxygen atoms in total. The fraction of sp³-hybridized carbons (Fsp3) is 0.692. The van der Waals surface area contributed by atoms with Gasteiger partial charge in [0.15, 0.2) is 0 Å². The summed E-state index contributed by atoms with van der Waals surface area (Å²) in [5, 5.41) is 6.75. The molecule has 2 heterocycles. The number of aromatic nitrogens is 1. The highest BCUT2D eigenvalue weighted by atomic mass is 16.5. The minimum atomic E-state index is -0.177. The van der Waals surface area contributed by atoms with E-state index in [0.29, 0.717) is 22.9 Å². The summed E-state index contributed by atoms with van der Waals surface area (Å²) in [5.41, 5.74) is 7.23. The Morgan fingerprint density at radius 2 is 2.26 bits per heavy atom. The summed E-state index contributed by atoms with van der Waals surface area (Å²) in [4.78, 5) is 12.2. The Labute approximate surface area is 111 Å². The molecular weight excluding hydrogens is 246 g/mol. The number of amides is 1. The largest absolute Gasteiger partial charge is 0.376 e. The van der Waals surface area contributed by atoms with Gasteiger partial charge in [0.25, 0.3) is 5.91 Å². The lowest BCUT2D eigenvalue weighted by Gasteiger charge is -2.52. The summed E-state index contributed by atoms with van der Waals surface area (Å²) < 4.78 is 10.7. The number of aryl methyl sites for hydroxylation is 2. The Bertz CT molecular complexity index is 480. The van der Waals surface area contributed by atoms with Crippen LogP contribution in [0, 0.1) is 19.8 Å². The maximum Gasteiger partial charge on any atom is 0.257 e. The molecule has 3 rings (SSSR count). The van der Waals surface area contributed by atoms with Crippen molar-refractivity contribution in [2.24, 2.45) is 11.7 Å². The molecule has 2 fully saturated rings. The predicted molar refractivity (Wildman–Crippen MR) is 67.7 cm³/mol. The number of hydrogen-bond donors (Lipinski definition) is 2. The smallest absolute Gasteiger partial charge is 0.257 e. The van der Waals surface area contributed by atoms with E-state index < -0.39 is 0 Å². The Kier molecular flexibility index (Phi) is 3.06. The summed E-state index contributed by atoms with van der Waals surface area (Å²) in [7, 11) is 0. The second-order valence-corrected chi connectivity index (χ2v) is 5.42. The molecule has 3 N–H and O–H groups in total. The van der Waals surface area contributed by atoms with Crippen LogP contribution in [0.25, 0.3) is 0 Å². The van der Waals surface area contributed by atoms with E-state index in [9.17, 15) is 4.79 Å². The van der Waals surface area contributed by atoms with Crippen molar-refractivity contribution in [2.75, 3.05) is 6.61 Å². The summed E-state index contributed by atoms with van der Waals surface area (Å²) in [6.07, 6.45) is 2.20. The van der Waals surface area contributed by atoms with Crippen LogP contribution in [0.1, 0.15) is 34.7 Å². The summed E-state index contributed by atoms with van der Waals surface area (Å²) in [6, 6.07) is -0.124. The molecule has 0 spiro atoms. The molecule has 4 atom stereocenters. The highest BCUT2D eigenvalue weighted by Crippen LogP contribution is 2.37. The minimum absolute atomic E-state index is 0.0188. The van der Waals surface area contributed by atoms with Crippen LogP contribution in [0.3, 0.4) is 0 Å². The Balaban J connectivity index is 1.70. The van der Waals surface area contributed by atoms with Crippen LogP contribution in [0.15, 0.2) is 4.52 Å². The van der Waals surface area contributed by atoms with E-state index in [1.807, 2.05) is 0 Å². The average Bonchev–Trinajstić information content (AvgIpc) is 2.75. The highest BCUT2D eigenvalue weighted by Gasteiger charge is 2.51. The van der Waals surface area contributed by atoms with Crippen molar-refractivity contribution in [1.82, 2.24) is 10.5 Å². The van der Waals surface area contributed by atoms with Crippen LogP contribution in [0.5, 0.6) is 0 Å². The van der Waals surface area contributed by atoms with Crippen LogP contribution in [-0.2, 0) is 4.74 Å². The Hall–Kier alpha value is -1.40. The first-order chi connectivity index (χ1) is 9.09. The Morgan fingerprint density at radius 1 is 1.47 bits per heavy atom. The molecule has 1 aromatic rings. The number of hydrogen-bond acceptors (Lipinski definition) is 5. The van der Waals surface area contributed by atoms with E-state index in [4.69, 9.17) is 15.0 Å². The number of nitrogens with zero attached hydrogens (tertiary/aromatic N) is 1. The monoisotopic (exact) mass is 265 g/mol. The zero-order valence-electron chi connectivity index (χ0n) is 11.2. The van der Waals surface area contributed by atoms with Crippen molar-refractivity contribution in [3.63, 3.8) is 0 Å². The van der Waals surface area contributed by atoms with Gasteiger partial charge in [0.1, 0.15) is 11.3 Å². The molecule has 1 saturated carbocycles. The number of carbonyl (C=O) groups excluding carboxylic acids is 1. The third-order valence-electron chi connectivity index (χ3n) is 4.24. The topological polar surface area (TPSA) is 90.4 Å². The number of ether oxygens (including phenoxy) is 1. The van der Waals surface area contributed by atoms with Gasteiger partial charge in [-0.05, 0) is 26.7 Å². The molecule has 1 aromatic heterocycles. The summed E-state index contributed by atoms with van der Waals surface area (Å²) in [6.45, 7) is 4.24. The maximum atomic E-state index is 12.2. The predicted octanol–water partition coefficient (Wildman–Crippen LogP) is 0.526. The van der Waals surface area contributed by atoms with E-state index in [-0.39, 0.29) is 24.1 Å². The van der Waals surface area contributed by atoms with Crippen molar-refractivity contribution in [1.29, 1.82) is 0 Å². The van der Waals surface area contributed by atoms with Crippen LogP contribution in [0.4, 0.5) is 0 Å². The van der Waals surface area contributed by atoms with Gasteiger partial charge in [0.05, 0.1) is 17.8 Å². The zero-order valence-corrected chi connectivity index (χ0v) is 11.2. The van der Waals surface area contributed by atoms with E-state index in [2.05, 4.69) is 10.5 Å². The van der Waals surface area contributed by atoms with Crippen molar-refractivity contribution < 1.29 is 14.1 Å². The van der Waals surface area contributed by atoms with Gasteiger partial charge in [-0.2, -0.15) is 0 Å². The lowest BCUT2D eigenvalue weighted by Crippen LogP contribution is -2.72. The van der Waals surface area contributed by atoms with Crippen molar-refractivity contribution in [3.8, 4) is 0 Å². The third kappa shape index (κ3) is 1.95. The quantitative estimate of drug-likeness (QED) is 0.814. The Morgan fingerprint density at radius 3 is 2.95 bits per heavy atom. The van der Waals surface area contributed by atoms with E-state index in [0.717, 1.165) is 19.4 Å². The van der Waals surface area contributed by atoms with E-state index >= 15 is 0 Å². The lowest BCUT2D eigenvalue weighted by molar-refractivity contribution is -0.117. The fourth-order valence-corrected chi connectivity index (χ4v) is 3.16. The molecule has 0 aromatic carbocycles. The van der Waals surface area contributed by atoms with Crippen LogP contribution in [-0.4, -0.2) is 35.9 Å². The van der Waals surface area contributed by atoms with Crippen LogP contribution < -0.4 is 11.1 Å². The van der Waals surface area contributed by atoms with E-state index in [1.54, 1.807) is 13.8 Å². The summed E-state index contributed by atoms with van der Waals surface area (Å²) in [5.74, 6) is 0.733. The van der Waals surface area contributed by atoms with Crippen molar-refractivity contribution >= 4 is 5.91 Å². The number of nitrogens with one attached hydrogen (secondary N) is 1. The highest BCUT2D eigenvalue weighted by molar-refractivity contribution is 5.96. The molecule has 19 heavy (non-hydrogen) atoms. The first-order valence-corrected chi connectivity index (χ1v) is 6.70. The van der Waals surface area contributed by atoms with Crippen LogP contribution >= 0.6 is 0 Å². The minimum Gasteiger partial charge on any atom is -0.376 e. The average molecular weight is 265 g/mol. The van der Waals surface area contributed by atoms with Gasteiger partial charge in [0.2, 0.25) is 0 Å². The van der Waals surface area contributed by atoms with Gasteiger partial charge < -0.3 is 20.3 Å². The molecule has 0 radical (unpaired) electrons. The first kappa shape index (κ1) is 12.6. The number of carbonyl (C=O) groups is 1. The molecule has 2 aliphatic rings. The maximum absolute atomic E-state index is 12.2. The van der Waals surface area contributed by atoms with Gasteiger partial charge >= 0.3 is 0 Å². The molecule has 104 valence electrons. The number of fused-ring (bicyclic) bond motifs is 1. The lowest BCUT2D eigenvalue weighted by atomic mass is 9.68. The molecule has 4 unspecified atom stereocenters. The molecule has 0 bridgehead atoms. The van der Waals surface area contributed by atoms with Gasteiger partial charge in [-0.1, -0.05) is 5.16 Å². The molecule has 1 saturated heterocycles. The normalized spacial score (nSPS) is 33.4. The van der Waals surface area contributed by atoms with E-state index in [1.165, 1.54) is 0 Å². The molecule has 1 aliphatic heterocycles. The molecule has 6 heteroatoms. The van der Waals surface area contributed by atoms with Gasteiger partial charge in [-0.25, -0.2) is 0 Å². The summed E-state index contributed by atoms with van der Waals surface area (Å²) >= 11 is 0. The van der Waals surface area contributed by atoms with Gasteiger partial charge in [0, 0.05) is 18.6 Å². The zero-order chi connectivity index (χ0) is 13.6. The second-order valence-electron chi connectivity index (χ2n) is 5.42. The van der Waals surface area contributed by atoms with Gasteiger partial charge in [-0.15, -0.1) is 0 Å². The molecular formula is C13H19N3O3. The first-order valence-electron chi connectivity index (χ1n) is 6.70. The number of nitrogens with two attached hydrogens (primary N) is 1. The molecule has 1 aliphatic carbocycles. The van der Waals surface area contributed by atoms with Gasteiger partial charge in [-0.3, -0.25) is 4.79 Å². The number of rotatable bonds is 2.